The number of fused-ring (bicyclic) bond motifs is 1. The molecule has 1 heterocycles. The molecule has 0 atom stereocenters. The van der Waals surface area contributed by atoms with Gasteiger partial charge in [0.05, 0.1) is 23.5 Å². The lowest BCUT2D eigenvalue weighted by Gasteiger charge is -2.02. The molecule has 0 radical (unpaired) electrons. The molecule has 0 aliphatic carbocycles. The van der Waals surface area contributed by atoms with Crippen molar-refractivity contribution in [3.8, 4) is 5.75 Å². The Kier molecular flexibility index (Phi) is 2.28. The zero-order chi connectivity index (χ0) is 11.1. The van der Waals surface area contributed by atoms with Crippen LogP contribution in [0.3, 0.4) is 0 Å². The first-order valence-corrected chi connectivity index (χ1v) is 5.82. The Morgan fingerprint density at radius 2 is 2.13 bits per heavy atom. The van der Waals surface area contributed by atoms with Crippen molar-refractivity contribution in [2.75, 3.05) is 13.7 Å². The van der Waals surface area contributed by atoms with Crippen LogP contribution in [-0.4, -0.2) is 27.2 Å². The van der Waals surface area contributed by atoms with Crippen molar-refractivity contribution in [2.24, 2.45) is 0 Å². The van der Waals surface area contributed by atoms with Gasteiger partial charge in [0.15, 0.2) is 0 Å². The minimum Gasteiger partial charge on any atom is -0.497 e. The van der Waals surface area contributed by atoms with Crippen LogP contribution in [0.25, 0.3) is 6.08 Å². The largest absolute Gasteiger partial charge is 0.497 e. The van der Waals surface area contributed by atoms with Crippen molar-refractivity contribution >= 4 is 15.9 Å². The van der Waals surface area contributed by atoms with Crippen molar-refractivity contribution in [2.45, 2.75) is 4.90 Å². The molecule has 15 heavy (non-hydrogen) atoms. The highest BCUT2D eigenvalue weighted by molar-refractivity contribution is 7.95. The minimum absolute atomic E-state index is 0.0331. The van der Waals surface area contributed by atoms with Gasteiger partial charge >= 0.3 is 0 Å². The Labute approximate surface area is 87.7 Å². The zero-order valence-electron chi connectivity index (χ0n) is 8.10. The van der Waals surface area contributed by atoms with Crippen LogP contribution in [0.5, 0.6) is 5.75 Å². The summed E-state index contributed by atoms with van der Waals surface area (Å²) >= 11 is 0. The van der Waals surface area contributed by atoms with E-state index in [-0.39, 0.29) is 9.80 Å². The summed E-state index contributed by atoms with van der Waals surface area (Å²) in [6.07, 6.45) is 1.47. The van der Waals surface area contributed by atoms with Gasteiger partial charge in [-0.3, -0.25) is 0 Å². The van der Waals surface area contributed by atoms with E-state index in [4.69, 9.17) is 9.84 Å². The maximum absolute atomic E-state index is 11.7. The predicted octanol–water partition coefficient (Wildman–Crippen LogP) is 0.816. The normalized spacial score (nSPS) is 17.1. The van der Waals surface area contributed by atoms with E-state index in [1.165, 1.54) is 19.3 Å². The van der Waals surface area contributed by atoms with E-state index >= 15 is 0 Å². The van der Waals surface area contributed by atoms with Crippen LogP contribution in [0.15, 0.2) is 28.0 Å². The maximum atomic E-state index is 11.7. The summed E-state index contributed by atoms with van der Waals surface area (Å²) in [5.41, 5.74) is 0.568. The molecule has 1 aliphatic heterocycles. The lowest BCUT2D eigenvalue weighted by atomic mass is 10.2. The molecule has 0 aromatic heterocycles. The number of aliphatic hydroxyl groups excluding tert-OH is 1. The Balaban J connectivity index is 2.63. The smallest absolute Gasteiger partial charge is 0.205 e. The van der Waals surface area contributed by atoms with Crippen LogP contribution in [0.1, 0.15) is 5.56 Å². The van der Waals surface area contributed by atoms with Gasteiger partial charge in [0.2, 0.25) is 9.84 Å². The maximum Gasteiger partial charge on any atom is 0.205 e. The molecule has 1 aromatic rings. The molecule has 4 nitrogen and oxygen atoms in total. The first-order chi connectivity index (χ1) is 7.09. The van der Waals surface area contributed by atoms with Gasteiger partial charge in [-0.05, 0) is 29.8 Å². The van der Waals surface area contributed by atoms with E-state index in [2.05, 4.69) is 0 Å². The summed E-state index contributed by atoms with van der Waals surface area (Å²) in [6.45, 7) is -0.473. The second kappa shape index (κ2) is 3.36. The highest BCUT2D eigenvalue weighted by Crippen LogP contribution is 2.34. The van der Waals surface area contributed by atoms with Gasteiger partial charge in [0.1, 0.15) is 5.75 Å². The van der Waals surface area contributed by atoms with Gasteiger partial charge in [0.25, 0.3) is 0 Å². The summed E-state index contributed by atoms with van der Waals surface area (Å²) in [7, 11) is -1.95. The van der Waals surface area contributed by atoms with Crippen LogP contribution >= 0.6 is 0 Å². The van der Waals surface area contributed by atoms with Crippen LogP contribution in [0, 0.1) is 0 Å². The van der Waals surface area contributed by atoms with E-state index in [0.717, 1.165) is 0 Å². The molecular formula is C10H10O4S. The van der Waals surface area contributed by atoms with Crippen LogP contribution in [0.2, 0.25) is 0 Å². The Hall–Kier alpha value is -1.33. The Bertz CT molecular complexity index is 528. The Morgan fingerprint density at radius 1 is 1.40 bits per heavy atom. The molecule has 0 spiro atoms. The van der Waals surface area contributed by atoms with Crippen LogP contribution < -0.4 is 4.74 Å². The van der Waals surface area contributed by atoms with Crippen molar-refractivity contribution in [3.05, 3.63) is 28.7 Å². The van der Waals surface area contributed by atoms with E-state index in [1.54, 1.807) is 12.1 Å². The van der Waals surface area contributed by atoms with E-state index in [1.807, 2.05) is 0 Å². The van der Waals surface area contributed by atoms with Crippen LogP contribution in [-0.2, 0) is 9.84 Å². The average molecular weight is 226 g/mol. The van der Waals surface area contributed by atoms with Gasteiger partial charge in [0, 0.05) is 0 Å². The standard InChI is InChI=1S/C10H10O4S/c1-14-8-2-3-10-7(4-8)5-9(6-11)15(10,12)13/h2-5,11H,6H2,1H3. The van der Waals surface area contributed by atoms with Gasteiger partial charge in [-0.25, -0.2) is 8.42 Å². The molecule has 0 amide bonds. The molecule has 0 saturated heterocycles. The van der Waals surface area contributed by atoms with Gasteiger partial charge in [-0.2, -0.15) is 0 Å². The first-order valence-electron chi connectivity index (χ1n) is 4.34. The van der Waals surface area contributed by atoms with E-state index in [0.29, 0.717) is 11.3 Å². The molecule has 0 bridgehead atoms. The monoisotopic (exact) mass is 226 g/mol. The topological polar surface area (TPSA) is 63.6 Å². The molecule has 80 valence electrons. The number of hydrogen-bond donors (Lipinski definition) is 1. The summed E-state index contributed by atoms with van der Waals surface area (Å²) in [5, 5.41) is 8.92. The molecule has 0 fully saturated rings. The summed E-state index contributed by atoms with van der Waals surface area (Å²) < 4.78 is 28.5. The number of sulfone groups is 1. The third kappa shape index (κ3) is 1.44. The fraction of sp³-hybridized carbons (Fsp3) is 0.200. The third-order valence-electron chi connectivity index (χ3n) is 2.32. The molecule has 0 unspecified atom stereocenters. The fourth-order valence-electron chi connectivity index (χ4n) is 1.53. The van der Waals surface area contributed by atoms with E-state index < -0.39 is 16.4 Å². The average Bonchev–Trinajstić information content (AvgIpc) is 2.49. The van der Waals surface area contributed by atoms with E-state index in [9.17, 15) is 8.42 Å². The summed E-state index contributed by atoms with van der Waals surface area (Å²) in [4.78, 5) is 0.262. The first kappa shape index (κ1) is 10.2. The second-order valence-electron chi connectivity index (χ2n) is 3.18. The summed E-state index contributed by atoms with van der Waals surface area (Å²) in [6, 6.07) is 4.71. The lowest BCUT2D eigenvalue weighted by molar-refractivity contribution is 0.339. The number of ether oxygens (including phenoxy) is 1. The molecule has 1 N–H and O–H groups in total. The molecule has 1 aliphatic rings. The number of methoxy groups -OCH3 is 1. The molecule has 2 rings (SSSR count). The van der Waals surface area contributed by atoms with Crippen molar-refractivity contribution in [1.82, 2.24) is 0 Å². The van der Waals surface area contributed by atoms with Crippen molar-refractivity contribution < 1.29 is 18.3 Å². The lowest BCUT2D eigenvalue weighted by Crippen LogP contribution is -2.03. The second-order valence-corrected chi connectivity index (χ2v) is 5.15. The molecular weight excluding hydrogens is 216 g/mol. The fourth-order valence-corrected chi connectivity index (χ4v) is 2.94. The number of benzene rings is 1. The number of rotatable bonds is 2. The quantitative estimate of drug-likeness (QED) is 0.810. The highest BCUT2D eigenvalue weighted by Gasteiger charge is 2.28. The minimum atomic E-state index is -3.47. The van der Waals surface area contributed by atoms with Crippen molar-refractivity contribution in [3.63, 3.8) is 0 Å². The van der Waals surface area contributed by atoms with Gasteiger partial charge in [-0.15, -0.1) is 0 Å². The molecule has 0 saturated carbocycles. The van der Waals surface area contributed by atoms with Crippen molar-refractivity contribution in [1.29, 1.82) is 0 Å². The Morgan fingerprint density at radius 3 is 2.73 bits per heavy atom. The SMILES string of the molecule is COc1ccc2c(c1)C=C(CO)S2(=O)=O. The highest BCUT2D eigenvalue weighted by atomic mass is 32.2. The van der Waals surface area contributed by atoms with Crippen LogP contribution in [0.4, 0.5) is 0 Å². The number of aliphatic hydroxyl groups is 1. The predicted molar refractivity (Wildman–Crippen MR) is 55.2 cm³/mol. The summed E-state index contributed by atoms with van der Waals surface area (Å²) in [5.74, 6) is 0.597. The molecule has 5 heteroatoms. The van der Waals surface area contributed by atoms with Gasteiger partial charge < -0.3 is 9.84 Å². The zero-order valence-corrected chi connectivity index (χ0v) is 8.91. The molecule has 1 aromatic carbocycles. The third-order valence-corrected chi connectivity index (χ3v) is 4.21. The number of hydrogen-bond acceptors (Lipinski definition) is 4. The van der Waals surface area contributed by atoms with Gasteiger partial charge in [-0.1, -0.05) is 0 Å².